The Hall–Kier alpha value is -4.13. The van der Waals surface area contributed by atoms with Crippen molar-refractivity contribution >= 4 is 34.5 Å². The fraction of sp³-hybridized carbons (Fsp3) is 0.0870. The van der Waals surface area contributed by atoms with Crippen molar-refractivity contribution in [1.29, 1.82) is 0 Å². The molecule has 0 aliphatic rings. The molecule has 30 heavy (non-hydrogen) atoms. The second-order valence-electron chi connectivity index (χ2n) is 6.67. The van der Waals surface area contributed by atoms with Crippen molar-refractivity contribution in [1.82, 2.24) is 9.55 Å². The van der Waals surface area contributed by atoms with Crippen LogP contribution in [0.3, 0.4) is 0 Å². The number of aryl methyl sites for hydroxylation is 1. The number of carbonyl (C=O) groups is 2. The molecule has 3 aromatic carbocycles. The molecular formula is C23H20N4O3. The second-order valence-corrected chi connectivity index (χ2v) is 6.67. The van der Waals surface area contributed by atoms with Gasteiger partial charge in [0.2, 0.25) is 5.95 Å². The molecule has 0 aliphatic heterocycles. The summed E-state index contributed by atoms with van der Waals surface area (Å²) in [4.78, 5) is 30.0. The Bertz CT molecular complexity index is 1230. The van der Waals surface area contributed by atoms with Crippen molar-refractivity contribution in [3.63, 3.8) is 0 Å². The number of nitrogens with zero attached hydrogens (tertiary/aromatic N) is 2. The van der Waals surface area contributed by atoms with Crippen LogP contribution in [0.2, 0.25) is 0 Å². The molecule has 0 fully saturated rings. The van der Waals surface area contributed by atoms with Gasteiger partial charge in [0.05, 0.1) is 29.4 Å². The van der Waals surface area contributed by atoms with Crippen molar-refractivity contribution in [3.05, 3.63) is 83.9 Å². The highest BCUT2D eigenvalue weighted by Gasteiger charge is 2.17. The largest absolute Gasteiger partial charge is 0.497 e. The van der Waals surface area contributed by atoms with Crippen LogP contribution in [-0.2, 0) is 7.05 Å². The third kappa shape index (κ3) is 3.73. The number of rotatable bonds is 5. The number of methoxy groups -OCH3 is 1. The summed E-state index contributed by atoms with van der Waals surface area (Å²) < 4.78 is 6.92. The zero-order valence-corrected chi connectivity index (χ0v) is 16.5. The zero-order chi connectivity index (χ0) is 21.1. The molecule has 1 heterocycles. The molecule has 2 amide bonds. The van der Waals surface area contributed by atoms with E-state index < -0.39 is 0 Å². The number of benzene rings is 3. The standard InChI is InChI=1S/C23H20N4O3/c1-27-20-10-6-5-9-19(20)25-23(27)26-22(29)17-7-3-4-8-18(17)24-21(28)15-11-13-16(30-2)14-12-15/h3-14H,1-2H3,(H,24,28)(H,25,26,29). The molecule has 4 aromatic rings. The van der Waals surface area contributed by atoms with E-state index >= 15 is 0 Å². The van der Waals surface area contributed by atoms with Crippen LogP contribution in [0.25, 0.3) is 11.0 Å². The van der Waals surface area contributed by atoms with E-state index in [1.54, 1.807) is 55.6 Å². The Kier molecular flexibility index (Phi) is 5.17. The number of hydrogen-bond acceptors (Lipinski definition) is 4. The third-order valence-corrected chi connectivity index (χ3v) is 4.78. The first-order chi connectivity index (χ1) is 14.6. The van der Waals surface area contributed by atoms with Crippen LogP contribution in [0.15, 0.2) is 72.8 Å². The molecule has 7 heteroatoms. The van der Waals surface area contributed by atoms with Crippen LogP contribution in [-0.4, -0.2) is 28.5 Å². The fourth-order valence-corrected chi connectivity index (χ4v) is 3.15. The van der Waals surface area contributed by atoms with Crippen molar-refractivity contribution in [2.24, 2.45) is 7.05 Å². The van der Waals surface area contributed by atoms with E-state index in [0.717, 1.165) is 11.0 Å². The van der Waals surface area contributed by atoms with Crippen molar-refractivity contribution in [2.45, 2.75) is 0 Å². The maximum atomic E-state index is 12.9. The molecule has 7 nitrogen and oxygen atoms in total. The van der Waals surface area contributed by atoms with Gasteiger partial charge in [-0.15, -0.1) is 0 Å². The van der Waals surface area contributed by atoms with E-state index in [0.29, 0.717) is 28.5 Å². The summed E-state index contributed by atoms with van der Waals surface area (Å²) in [5.41, 5.74) is 2.91. The summed E-state index contributed by atoms with van der Waals surface area (Å²) in [6.07, 6.45) is 0. The summed E-state index contributed by atoms with van der Waals surface area (Å²) in [5, 5.41) is 5.63. The molecule has 0 atom stereocenters. The van der Waals surface area contributed by atoms with E-state index in [-0.39, 0.29) is 11.8 Å². The average Bonchev–Trinajstić information content (AvgIpc) is 3.09. The molecule has 0 radical (unpaired) electrons. The highest BCUT2D eigenvalue weighted by Crippen LogP contribution is 2.21. The first kappa shape index (κ1) is 19.2. The van der Waals surface area contributed by atoms with Gasteiger partial charge in [-0.3, -0.25) is 14.9 Å². The maximum absolute atomic E-state index is 12.9. The lowest BCUT2D eigenvalue weighted by Gasteiger charge is -2.11. The number of carbonyl (C=O) groups excluding carboxylic acids is 2. The number of imidazole rings is 1. The van der Waals surface area contributed by atoms with Crippen molar-refractivity contribution in [2.75, 3.05) is 17.7 Å². The van der Waals surface area contributed by atoms with Gasteiger partial charge < -0.3 is 14.6 Å². The van der Waals surface area contributed by atoms with Gasteiger partial charge in [-0.25, -0.2) is 4.98 Å². The average molecular weight is 400 g/mol. The number of nitrogens with one attached hydrogen (secondary N) is 2. The summed E-state index contributed by atoms with van der Waals surface area (Å²) >= 11 is 0. The molecule has 0 spiro atoms. The Balaban J connectivity index is 1.56. The van der Waals surface area contributed by atoms with Crippen LogP contribution in [0.5, 0.6) is 5.75 Å². The minimum absolute atomic E-state index is 0.319. The summed E-state index contributed by atoms with van der Waals surface area (Å²) in [5.74, 6) is 0.408. The van der Waals surface area contributed by atoms with Gasteiger partial charge in [-0.1, -0.05) is 24.3 Å². The Morgan fingerprint density at radius 2 is 1.57 bits per heavy atom. The molecular weight excluding hydrogens is 380 g/mol. The van der Waals surface area contributed by atoms with Crippen molar-refractivity contribution < 1.29 is 14.3 Å². The number of anilines is 2. The first-order valence-corrected chi connectivity index (χ1v) is 9.34. The number of hydrogen-bond donors (Lipinski definition) is 2. The SMILES string of the molecule is COc1ccc(C(=O)Nc2ccccc2C(=O)Nc2nc3ccccc3n2C)cc1. The van der Waals surface area contributed by atoms with E-state index in [2.05, 4.69) is 15.6 Å². The molecule has 0 saturated carbocycles. The lowest BCUT2D eigenvalue weighted by atomic mass is 10.1. The molecule has 2 N–H and O–H groups in total. The monoisotopic (exact) mass is 400 g/mol. The van der Waals surface area contributed by atoms with Gasteiger partial charge in [-0.2, -0.15) is 0 Å². The van der Waals surface area contributed by atoms with Crippen LogP contribution < -0.4 is 15.4 Å². The van der Waals surface area contributed by atoms with Gasteiger partial charge in [0, 0.05) is 12.6 Å². The van der Waals surface area contributed by atoms with Gasteiger partial charge in [0.25, 0.3) is 11.8 Å². The lowest BCUT2D eigenvalue weighted by molar-refractivity contribution is 0.102. The van der Waals surface area contributed by atoms with E-state index in [4.69, 9.17) is 4.74 Å². The highest BCUT2D eigenvalue weighted by atomic mass is 16.5. The van der Waals surface area contributed by atoms with Crippen LogP contribution in [0.1, 0.15) is 20.7 Å². The first-order valence-electron chi connectivity index (χ1n) is 9.34. The number of aromatic nitrogens is 2. The molecule has 4 rings (SSSR count). The van der Waals surface area contributed by atoms with E-state index in [9.17, 15) is 9.59 Å². The number of ether oxygens (including phenoxy) is 1. The minimum atomic E-state index is -0.362. The van der Waals surface area contributed by atoms with Gasteiger partial charge in [0.15, 0.2) is 0 Å². The topological polar surface area (TPSA) is 85.2 Å². The maximum Gasteiger partial charge on any atom is 0.260 e. The van der Waals surface area contributed by atoms with Gasteiger partial charge in [-0.05, 0) is 48.5 Å². The molecule has 0 bridgehead atoms. The number of amides is 2. The predicted molar refractivity (Wildman–Crippen MR) is 116 cm³/mol. The van der Waals surface area contributed by atoms with Crippen LogP contribution in [0.4, 0.5) is 11.6 Å². The van der Waals surface area contributed by atoms with E-state index in [1.807, 2.05) is 35.9 Å². The third-order valence-electron chi connectivity index (χ3n) is 4.78. The molecule has 0 unspecified atom stereocenters. The van der Waals surface area contributed by atoms with Gasteiger partial charge in [0.1, 0.15) is 5.75 Å². The van der Waals surface area contributed by atoms with Crippen molar-refractivity contribution in [3.8, 4) is 5.75 Å². The quantitative estimate of drug-likeness (QED) is 0.528. The Morgan fingerprint density at radius 1 is 0.867 bits per heavy atom. The normalized spacial score (nSPS) is 10.6. The molecule has 150 valence electrons. The zero-order valence-electron chi connectivity index (χ0n) is 16.5. The lowest BCUT2D eigenvalue weighted by Crippen LogP contribution is -2.19. The predicted octanol–water partition coefficient (Wildman–Crippen LogP) is 4.09. The smallest absolute Gasteiger partial charge is 0.260 e. The highest BCUT2D eigenvalue weighted by molar-refractivity contribution is 6.12. The molecule has 0 saturated heterocycles. The molecule has 0 aliphatic carbocycles. The summed E-state index contributed by atoms with van der Waals surface area (Å²) in [7, 11) is 3.40. The van der Waals surface area contributed by atoms with Crippen LogP contribution >= 0.6 is 0 Å². The molecule has 1 aromatic heterocycles. The van der Waals surface area contributed by atoms with Crippen LogP contribution in [0, 0.1) is 0 Å². The minimum Gasteiger partial charge on any atom is -0.497 e. The summed E-state index contributed by atoms with van der Waals surface area (Å²) in [6, 6.07) is 21.2. The number of para-hydroxylation sites is 3. The fourth-order valence-electron chi connectivity index (χ4n) is 3.15. The Morgan fingerprint density at radius 3 is 2.30 bits per heavy atom. The second kappa shape index (κ2) is 8.08. The summed E-state index contributed by atoms with van der Waals surface area (Å²) in [6.45, 7) is 0. The number of fused-ring (bicyclic) bond motifs is 1. The Labute approximate surface area is 173 Å². The van der Waals surface area contributed by atoms with Gasteiger partial charge >= 0.3 is 0 Å². The van der Waals surface area contributed by atoms with E-state index in [1.165, 1.54) is 0 Å².